The number of ether oxygens (including phenoxy) is 1. The predicted octanol–water partition coefficient (Wildman–Crippen LogP) is 0.0593. The van der Waals surface area contributed by atoms with Crippen LogP contribution in [-0.2, 0) is 5.34 Å². The van der Waals surface area contributed by atoms with Crippen LogP contribution in [0.2, 0.25) is 0 Å². The lowest BCUT2D eigenvalue weighted by molar-refractivity contribution is -0.0529. The van der Waals surface area contributed by atoms with Crippen LogP contribution in [0.3, 0.4) is 0 Å². The predicted molar refractivity (Wildman–Crippen MR) is 61.6 cm³/mol. The molecule has 4 radical (unpaired) electrons. The average molecular weight is 251 g/mol. The number of rotatable bonds is 4. The molecule has 0 atom stereocenters. The standard InChI is InChI=1S/C9H9B2F2N3O2/c1-14-8(17)16-9(10,11)5-2-3-15-6(4-5)18-7(12)13/h2-4,7H,1H3,(H2,14,16,17). The minimum atomic E-state index is -3.01. The third-order valence-corrected chi connectivity index (χ3v) is 1.97. The molecule has 0 fully saturated rings. The summed E-state index contributed by atoms with van der Waals surface area (Å²) in [5.74, 6) is -0.346. The lowest BCUT2D eigenvalue weighted by Crippen LogP contribution is -2.50. The third-order valence-electron chi connectivity index (χ3n) is 1.97. The van der Waals surface area contributed by atoms with Gasteiger partial charge in [-0.3, -0.25) is 0 Å². The first-order valence-electron chi connectivity index (χ1n) is 4.84. The summed E-state index contributed by atoms with van der Waals surface area (Å²) in [4.78, 5) is 14.7. The highest BCUT2D eigenvalue weighted by molar-refractivity contribution is 6.40. The average Bonchev–Trinajstić information content (AvgIpc) is 2.27. The maximum absolute atomic E-state index is 12.0. The molecule has 0 aliphatic heterocycles. The van der Waals surface area contributed by atoms with E-state index in [1.54, 1.807) is 0 Å². The van der Waals surface area contributed by atoms with Gasteiger partial charge < -0.3 is 15.4 Å². The van der Waals surface area contributed by atoms with Crippen molar-refractivity contribution < 1.29 is 18.3 Å². The number of hydrogen-bond donors (Lipinski definition) is 2. The number of aromatic nitrogens is 1. The molecule has 9 heteroatoms. The summed E-state index contributed by atoms with van der Waals surface area (Å²) >= 11 is 0. The molecule has 0 bridgehead atoms. The first kappa shape index (κ1) is 14.3. The minimum absolute atomic E-state index is 0.164. The molecule has 5 nitrogen and oxygen atoms in total. The first-order valence-corrected chi connectivity index (χ1v) is 4.84. The number of urea groups is 1. The minimum Gasteiger partial charge on any atom is -0.417 e. The zero-order valence-electron chi connectivity index (χ0n) is 9.48. The van der Waals surface area contributed by atoms with E-state index < -0.39 is 18.0 Å². The van der Waals surface area contributed by atoms with Gasteiger partial charge in [0.2, 0.25) is 5.88 Å². The molecule has 0 saturated carbocycles. The Morgan fingerprint density at radius 3 is 2.78 bits per heavy atom. The fraction of sp³-hybridized carbons (Fsp3) is 0.333. The molecule has 0 spiro atoms. The maximum Gasteiger partial charge on any atom is 0.388 e. The number of alkyl halides is 2. The second-order valence-corrected chi connectivity index (χ2v) is 3.33. The summed E-state index contributed by atoms with van der Waals surface area (Å²) in [6.45, 7) is -3.01. The molecule has 0 aromatic carbocycles. The van der Waals surface area contributed by atoms with Gasteiger partial charge in [-0.2, -0.15) is 8.78 Å². The summed E-state index contributed by atoms with van der Waals surface area (Å²) in [6, 6.07) is 1.87. The van der Waals surface area contributed by atoms with Crippen molar-refractivity contribution in [2.75, 3.05) is 7.05 Å². The highest BCUT2D eigenvalue weighted by atomic mass is 19.3. The SMILES string of the molecule is [B]C([B])(NC(=O)NC)c1ccnc(OC(F)F)c1. The van der Waals surface area contributed by atoms with Gasteiger partial charge in [0.15, 0.2) is 0 Å². The van der Waals surface area contributed by atoms with E-state index in [0.29, 0.717) is 0 Å². The normalized spacial score (nSPS) is 11.1. The zero-order chi connectivity index (χ0) is 13.8. The second kappa shape index (κ2) is 5.70. The number of pyridine rings is 1. The van der Waals surface area contributed by atoms with E-state index in [-0.39, 0.29) is 11.4 Å². The van der Waals surface area contributed by atoms with Crippen LogP contribution in [0.25, 0.3) is 0 Å². The zero-order valence-corrected chi connectivity index (χ0v) is 9.48. The molecule has 2 N–H and O–H groups in total. The van der Waals surface area contributed by atoms with Crippen molar-refractivity contribution in [1.82, 2.24) is 15.6 Å². The van der Waals surface area contributed by atoms with E-state index in [1.807, 2.05) is 0 Å². The summed E-state index contributed by atoms with van der Waals surface area (Å²) in [6.07, 6.45) is 1.19. The van der Waals surface area contributed by atoms with Gasteiger partial charge in [0.1, 0.15) is 0 Å². The Morgan fingerprint density at radius 1 is 1.56 bits per heavy atom. The fourth-order valence-electron chi connectivity index (χ4n) is 1.15. The van der Waals surface area contributed by atoms with Gasteiger partial charge in [0.05, 0.1) is 15.7 Å². The van der Waals surface area contributed by atoms with Crippen LogP contribution in [0.4, 0.5) is 13.6 Å². The molecule has 18 heavy (non-hydrogen) atoms. The second-order valence-electron chi connectivity index (χ2n) is 3.33. The number of hydrogen-bond acceptors (Lipinski definition) is 3. The van der Waals surface area contributed by atoms with Gasteiger partial charge >= 0.3 is 12.6 Å². The van der Waals surface area contributed by atoms with Crippen molar-refractivity contribution in [2.45, 2.75) is 11.9 Å². The monoisotopic (exact) mass is 251 g/mol. The molecule has 2 amide bonds. The topological polar surface area (TPSA) is 63.2 Å². The Labute approximate surface area is 105 Å². The van der Waals surface area contributed by atoms with Crippen LogP contribution in [0, 0.1) is 0 Å². The molecule has 1 heterocycles. The van der Waals surface area contributed by atoms with Crippen LogP contribution in [0.5, 0.6) is 5.88 Å². The van der Waals surface area contributed by atoms with Gasteiger partial charge in [0, 0.05) is 19.3 Å². The third kappa shape index (κ3) is 3.90. The molecule has 1 aromatic heterocycles. The highest BCUT2D eigenvalue weighted by Crippen LogP contribution is 2.19. The van der Waals surface area contributed by atoms with Gasteiger partial charge in [-0.1, -0.05) is 0 Å². The summed E-state index contributed by atoms with van der Waals surface area (Å²) in [5.41, 5.74) is 0.164. The number of carbonyl (C=O) groups excluding carboxylic acids is 1. The van der Waals surface area contributed by atoms with E-state index in [0.717, 1.165) is 6.07 Å². The first-order chi connectivity index (χ1) is 8.35. The van der Waals surface area contributed by atoms with Crippen LogP contribution in [0.15, 0.2) is 18.3 Å². The summed E-state index contributed by atoms with van der Waals surface area (Å²) < 4.78 is 28.1. The number of halogens is 2. The molecule has 1 aromatic rings. The smallest absolute Gasteiger partial charge is 0.388 e. The molecular formula is C9H9B2F2N3O2. The summed E-state index contributed by atoms with van der Waals surface area (Å²) in [7, 11) is 12.7. The quantitative estimate of drug-likeness (QED) is 0.743. The van der Waals surface area contributed by atoms with E-state index in [9.17, 15) is 13.6 Å². The Morgan fingerprint density at radius 2 is 2.22 bits per heavy atom. The maximum atomic E-state index is 12.0. The molecule has 0 aliphatic rings. The van der Waals surface area contributed by atoms with Crippen LogP contribution in [0.1, 0.15) is 5.56 Å². The molecule has 0 aliphatic carbocycles. The summed E-state index contributed by atoms with van der Waals surface area (Å²) in [5, 5.41) is 2.77. The lowest BCUT2D eigenvalue weighted by atomic mass is 9.58. The van der Waals surface area contributed by atoms with Gasteiger partial charge in [-0.15, -0.1) is 0 Å². The van der Waals surface area contributed by atoms with Crippen molar-refractivity contribution in [3.8, 4) is 5.88 Å². The lowest BCUT2D eigenvalue weighted by Gasteiger charge is -2.28. The van der Waals surface area contributed by atoms with Gasteiger partial charge in [-0.05, 0) is 17.0 Å². The van der Waals surface area contributed by atoms with Crippen molar-refractivity contribution in [1.29, 1.82) is 0 Å². The van der Waals surface area contributed by atoms with Crippen LogP contribution in [-0.4, -0.2) is 40.4 Å². The van der Waals surface area contributed by atoms with Crippen molar-refractivity contribution in [3.63, 3.8) is 0 Å². The van der Waals surface area contributed by atoms with E-state index in [1.165, 1.54) is 19.3 Å². The molecule has 0 unspecified atom stereocenters. The Balaban J connectivity index is 2.90. The largest absolute Gasteiger partial charge is 0.417 e. The molecule has 0 saturated heterocycles. The highest BCUT2D eigenvalue weighted by Gasteiger charge is 2.22. The van der Waals surface area contributed by atoms with E-state index >= 15 is 0 Å². The van der Waals surface area contributed by atoms with Crippen LogP contribution < -0.4 is 15.4 Å². The molecule has 1 rings (SSSR count). The Kier molecular flexibility index (Phi) is 4.52. The number of nitrogens with zero attached hydrogens (tertiary/aromatic N) is 1. The number of nitrogens with one attached hydrogen (secondary N) is 2. The van der Waals surface area contributed by atoms with E-state index in [2.05, 4.69) is 20.4 Å². The number of amides is 2. The van der Waals surface area contributed by atoms with Gasteiger partial charge in [-0.25, -0.2) is 9.78 Å². The molecule has 92 valence electrons. The van der Waals surface area contributed by atoms with Crippen molar-refractivity contribution >= 4 is 21.7 Å². The fourth-order valence-corrected chi connectivity index (χ4v) is 1.15. The van der Waals surface area contributed by atoms with Gasteiger partial charge in [0.25, 0.3) is 0 Å². The van der Waals surface area contributed by atoms with Crippen molar-refractivity contribution in [3.05, 3.63) is 23.9 Å². The Hall–Kier alpha value is -1.79. The number of carbonyl (C=O) groups is 1. The van der Waals surface area contributed by atoms with Crippen molar-refractivity contribution in [2.24, 2.45) is 0 Å². The van der Waals surface area contributed by atoms with Crippen LogP contribution >= 0.6 is 0 Å². The van der Waals surface area contributed by atoms with E-state index in [4.69, 9.17) is 15.7 Å². The Bertz CT molecular complexity index is 432. The molecular weight excluding hydrogens is 242 g/mol.